The lowest BCUT2D eigenvalue weighted by atomic mass is 10.4. The van der Waals surface area contributed by atoms with E-state index < -0.39 is 4.92 Å². The zero-order chi connectivity index (χ0) is 12.6. The molecule has 90 valence electrons. The number of hydrogen-bond donors (Lipinski definition) is 0. The van der Waals surface area contributed by atoms with E-state index in [-0.39, 0.29) is 5.82 Å². The molecule has 0 radical (unpaired) electrons. The zero-order valence-corrected chi connectivity index (χ0v) is 9.91. The van der Waals surface area contributed by atoms with Gasteiger partial charge in [-0.1, -0.05) is 6.92 Å². The Balaban J connectivity index is 2.70. The molecule has 0 amide bonds. The van der Waals surface area contributed by atoms with Gasteiger partial charge >= 0.3 is 5.82 Å². The van der Waals surface area contributed by atoms with Crippen LogP contribution in [0.4, 0.5) is 5.82 Å². The van der Waals surface area contributed by atoms with Gasteiger partial charge < -0.3 is 10.1 Å². The van der Waals surface area contributed by atoms with Crippen LogP contribution in [0.2, 0.25) is 0 Å². The number of rotatable bonds is 3. The van der Waals surface area contributed by atoms with E-state index in [2.05, 4.69) is 9.97 Å². The Labute approximate surface area is 97.9 Å². The third kappa shape index (κ3) is 1.69. The Morgan fingerprint density at radius 2 is 2.24 bits per heavy atom. The minimum absolute atomic E-state index is 0.141. The van der Waals surface area contributed by atoms with Crippen molar-refractivity contribution in [1.29, 1.82) is 0 Å². The maximum atomic E-state index is 11.0. The maximum Gasteiger partial charge on any atom is 0.407 e. The average Bonchev–Trinajstić information content (AvgIpc) is 2.84. The standard InChI is InChI=1S/C10H13N5O2/c1-4-8-11-5-6-14(8)10-9(15(16)17)12-7(2)13(10)3/h5-6H,4H2,1-3H3. The molecule has 2 aromatic heterocycles. The fraction of sp³-hybridized carbons (Fsp3) is 0.400. The average molecular weight is 235 g/mol. The molecule has 2 aromatic rings. The van der Waals surface area contributed by atoms with Crippen molar-refractivity contribution in [3.63, 3.8) is 0 Å². The molecule has 0 fully saturated rings. The van der Waals surface area contributed by atoms with Gasteiger partial charge in [0, 0.05) is 32.8 Å². The van der Waals surface area contributed by atoms with Gasteiger partial charge in [0.1, 0.15) is 5.82 Å². The highest BCUT2D eigenvalue weighted by Gasteiger charge is 2.26. The van der Waals surface area contributed by atoms with Gasteiger partial charge in [-0.05, 0) is 9.91 Å². The van der Waals surface area contributed by atoms with Gasteiger partial charge in [0.15, 0.2) is 0 Å². The van der Waals surface area contributed by atoms with Crippen LogP contribution >= 0.6 is 0 Å². The molecule has 0 atom stereocenters. The number of aromatic nitrogens is 4. The Morgan fingerprint density at radius 1 is 1.53 bits per heavy atom. The van der Waals surface area contributed by atoms with Crippen molar-refractivity contribution in [3.05, 3.63) is 34.2 Å². The van der Waals surface area contributed by atoms with Crippen molar-refractivity contribution >= 4 is 5.82 Å². The van der Waals surface area contributed by atoms with Crippen molar-refractivity contribution in [2.45, 2.75) is 20.3 Å². The van der Waals surface area contributed by atoms with Crippen LogP contribution in [-0.4, -0.2) is 24.0 Å². The molecule has 0 spiro atoms. The van der Waals surface area contributed by atoms with E-state index in [1.54, 1.807) is 35.5 Å². The van der Waals surface area contributed by atoms with Crippen LogP contribution in [0, 0.1) is 17.0 Å². The van der Waals surface area contributed by atoms with Crippen molar-refractivity contribution in [3.8, 4) is 5.82 Å². The molecule has 7 nitrogen and oxygen atoms in total. The van der Waals surface area contributed by atoms with Crippen LogP contribution in [0.15, 0.2) is 12.4 Å². The second kappa shape index (κ2) is 4.00. The molecule has 0 unspecified atom stereocenters. The van der Waals surface area contributed by atoms with Crippen LogP contribution in [0.3, 0.4) is 0 Å². The lowest BCUT2D eigenvalue weighted by Gasteiger charge is -2.06. The molecule has 0 aliphatic rings. The number of aryl methyl sites for hydroxylation is 2. The normalized spacial score (nSPS) is 10.8. The van der Waals surface area contributed by atoms with E-state index in [1.807, 2.05) is 6.92 Å². The fourth-order valence-corrected chi connectivity index (χ4v) is 1.76. The summed E-state index contributed by atoms with van der Waals surface area (Å²) in [7, 11) is 1.75. The molecule has 0 N–H and O–H groups in total. The quantitative estimate of drug-likeness (QED) is 0.594. The SMILES string of the molecule is CCc1nccn1-c1c([N+](=O)[O-])nc(C)n1C. The molecule has 0 aliphatic heterocycles. The molecular weight excluding hydrogens is 222 g/mol. The number of hydrogen-bond acceptors (Lipinski definition) is 4. The number of imidazole rings is 2. The topological polar surface area (TPSA) is 78.8 Å². The van der Waals surface area contributed by atoms with Crippen LogP contribution in [0.1, 0.15) is 18.6 Å². The summed E-state index contributed by atoms with van der Waals surface area (Å²) >= 11 is 0. The fourth-order valence-electron chi connectivity index (χ4n) is 1.76. The monoisotopic (exact) mass is 235 g/mol. The molecule has 7 heteroatoms. The smallest absolute Gasteiger partial charge is 0.358 e. The number of nitrogens with zero attached hydrogens (tertiary/aromatic N) is 5. The molecule has 0 saturated carbocycles. The lowest BCUT2D eigenvalue weighted by Crippen LogP contribution is -2.07. The van der Waals surface area contributed by atoms with E-state index in [9.17, 15) is 10.1 Å². The summed E-state index contributed by atoms with van der Waals surface area (Å²) in [5.74, 6) is 1.68. The largest absolute Gasteiger partial charge is 0.407 e. The lowest BCUT2D eigenvalue weighted by molar-refractivity contribution is -0.389. The molecule has 2 rings (SSSR count). The summed E-state index contributed by atoms with van der Waals surface area (Å²) in [4.78, 5) is 18.6. The van der Waals surface area contributed by atoms with Gasteiger partial charge in [-0.2, -0.15) is 0 Å². The van der Waals surface area contributed by atoms with Crippen LogP contribution in [0.5, 0.6) is 0 Å². The third-order valence-electron chi connectivity index (χ3n) is 2.71. The molecule has 0 aliphatic carbocycles. The van der Waals surface area contributed by atoms with Gasteiger partial charge in [0.25, 0.3) is 0 Å². The number of nitro groups is 1. The van der Waals surface area contributed by atoms with Crippen LogP contribution in [0.25, 0.3) is 5.82 Å². The Bertz CT molecular complexity index is 569. The summed E-state index contributed by atoms with van der Waals surface area (Å²) in [6, 6.07) is 0. The molecule has 17 heavy (non-hydrogen) atoms. The highest BCUT2D eigenvalue weighted by atomic mass is 16.6. The van der Waals surface area contributed by atoms with E-state index in [0.29, 0.717) is 18.1 Å². The maximum absolute atomic E-state index is 11.0. The first-order chi connectivity index (χ1) is 8.06. The first-order valence-corrected chi connectivity index (χ1v) is 5.26. The Hall–Kier alpha value is -2.18. The zero-order valence-electron chi connectivity index (χ0n) is 9.91. The van der Waals surface area contributed by atoms with Crippen molar-refractivity contribution in [2.24, 2.45) is 7.05 Å². The van der Waals surface area contributed by atoms with E-state index >= 15 is 0 Å². The van der Waals surface area contributed by atoms with E-state index in [1.165, 1.54) is 0 Å². The molecular formula is C10H13N5O2. The van der Waals surface area contributed by atoms with Crippen molar-refractivity contribution in [2.75, 3.05) is 0 Å². The van der Waals surface area contributed by atoms with E-state index in [4.69, 9.17) is 0 Å². The van der Waals surface area contributed by atoms with E-state index in [0.717, 1.165) is 5.82 Å². The predicted molar refractivity (Wildman–Crippen MR) is 61.1 cm³/mol. The minimum atomic E-state index is -0.470. The van der Waals surface area contributed by atoms with Gasteiger partial charge in [-0.25, -0.2) is 4.98 Å². The van der Waals surface area contributed by atoms with Gasteiger partial charge in [0.2, 0.25) is 11.6 Å². The first-order valence-electron chi connectivity index (χ1n) is 5.26. The van der Waals surface area contributed by atoms with Crippen LogP contribution in [-0.2, 0) is 13.5 Å². The third-order valence-corrected chi connectivity index (χ3v) is 2.71. The highest BCUT2D eigenvalue weighted by molar-refractivity contribution is 5.44. The first kappa shape index (κ1) is 11.3. The van der Waals surface area contributed by atoms with Crippen molar-refractivity contribution < 1.29 is 4.92 Å². The highest BCUT2D eigenvalue weighted by Crippen LogP contribution is 2.23. The summed E-state index contributed by atoms with van der Waals surface area (Å²) in [6.07, 6.45) is 4.04. The summed E-state index contributed by atoms with van der Waals surface area (Å²) < 4.78 is 3.40. The van der Waals surface area contributed by atoms with Gasteiger partial charge in [-0.3, -0.25) is 9.13 Å². The molecule has 0 bridgehead atoms. The summed E-state index contributed by atoms with van der Waals surface area (Å²) in [6.45, 7) is 3.69. The Morgan fingerprint density at radius 3 is 2.82 bits per heavy atom. The summed E-state index contributed by atoms with van der Waals surface area (Å²) in [5, 5.41) is 11.0. The molecule has 0 aromatic carbocycles. The van der Waals surface area contributed by atoms with Crippen LogP contribution < -0.4 is 0 Å². The molecule has 2 heterocycles. The second-order valence-corrected chi connectivity index (χ2v) is 3.69. The van der Waals surface area contributed by atoms with Crippen molar-refractivity contribution in [1.82, 2.24) is 19.1 Å². The summed E-state index contributed by atoms with van der Waals surface area (Å²) in [5.41, 5.74) is 0. The minimum Gasteiger partial charge on any atom is -0.358 e. The molecule has 0 saturated heterocycles. The van der Waals surface area contributed by atoms with Gasteiger partial charge in [0.05, 0.1) is 0 Å². The second-order valence-electron chi connectivity index (χ2n) is 3.69. The van der Waals surface area contributed by atoms with Gasteiger partial charge in [-0.15, -0.1) is 0 Å². The Kier molecular flexibility index (Phi) is 2.66. The predicted octanol–water partition coefficient (Wildman–Crippen LogP) is 1.38.